The minimum absolute atomic E-state index is 0.741. The number of anilines is 1. The third-order valence-corrected chi connectivity index (χ3v) is 6.36. The molecule has 0 aliphatic carbocycles. The van der Waals surface area contributed by atoms with Gasteiger partial charge >= 0.3 is 0 Å². The quantitative estimate of drug-likeness (QED) is 0.281. The molecule has 7 rings (SSSR count). The minimum Gasteiger partial charge on any atom is -0.378 e. The number of rotatable bonds is 1. The van der Waals surface area contributed by atoms with Crippen LogP contribution in [-0.4, -0.2) is 46.2 Å². The lowest BCUT2D eigenvalue weighted by molar-refractivity contribution is 0.123. The van der Waals surface area contributed by atoms with E-state index in [1.165, 1.54) is 11.1 Å². The van der Waals surface area contributed by atoms with Crippen LogP contribution in [0.3, 0.4) is 0 Å². The molecule has 6 heteroatoms. The zero-order valence-electron chi connectivity index (χ0n) is 17.3. The Morgan fingerprint density at radius 1 is 0.625 bits per heavy atom. The first kappa shape index (κ1) is 17.7. The normalized spacial score (nSPS) is 14.8. The average Bonchev–Trinajstić information content (AvgIpc) is 2.88. The molecule has 3 aromatic carbocycles. The van der Waals surface area contributed by atoms with Crippen molar-refractivity contribution in [1.82, 2.24) is 19.9 Å². The molecule has 3 aromatic heterocycles. The predicted octanol–water partition coefficient (Wildman–Crippen LogP) is 4.87. The summed E-state index contributed by atoms with van der Waals surface area (Å²) in [6.45, 7) is 3.23. The number of benzene rings is 3. The molecule has 0 amide bonds. The number of aromatic nitrogens is 4. The van der Waals surface area contributed by atoms with E-state index in [2.05, 4.69) is 57.3 Å². The van der Waals surface area contributed by atoms with Crippen LogP contribution in [0.4, 0.5) is 5.69 Å². The molecule has 0 bridgehead atoms. The summed E-state index contributed by atoms with van der Waals surface area (Å²) in [5.74, 6) is 0. The van der Waals surface area contributed by atoms with Gasteiger partial charge in [-0.15, -0.1) is 0 Å². The Hall–Kier alpha value is -3.90. The van der Waals surface area contributed by atoms with Crippen LogP contribution in [0.5, 0.6) is 0 Å². The van der Waals surface area contributed by atoms with E-state index < -0.39 is 0 Å². The van der Waals surface area contributed by atoms with Gasteiger partial charge in [-0.05, 0) is 30.3 Å². The zero-order valence-corrected chi connectivity index (χ0v) is 17.3. The number of nitrogens with zero attached hydrogens (tertiary/aromatic N) is 5. The molecule has 1 aliphatic rings. The van der Waals surface area contributed by atoms with Crippen molar-refractivity contribution >= 4 is 60.3 Å². The molecule has 0 radical (unpaired) electrons. The fourth-order valence-electron chi connectivity index (χ4n) is 4.88. The van der Waals surface area contributed by atoms with Crippen LogP contribution >= 0.6 is 0 Å². The standard InChI is InChI=1S/C26H19N5O/c1-2-6-17-16(5-1)21(31-11-13-32-14-12-31)15-20-22(17)30-26-19-8-4-10-28-24(19)23-18(25(26)29-20)7-3-9-27-23/h1-10,15H,11-14H2. The van der Waals surface area contributed by atoms with E-state index in [0.717, 1.165) is 75.6 Å². The smallest absolute Gasteiger partial charge is 0.0996 e. The molecule has 6 nitrogen and oxygen atoms in total. The van der Waals surface area contributed by atoms with Gasteiger partial charge in [0.05, 0.1) is 46.3 Å². The Kier molecular flexibility index (Phi) is 3.77. The predicted molar refractivity (Wildman–Crippen MR) is 128 cm³/mol. The SMILES string of the molecule is c1ccc2c(c1)c(N1CCOCC1)cc1nc3c4cccnc4c4ncccc4c3nc12. The van der Waals surface area contributed by atoms with Crippen molar-refractivity contribution in [1.29, 1.82) is 0 Å². The molecule has 0 spiro atoms. The molecular formula is C26H19N5O. The van der Waals surface area contributed by atoms with Crippen LogP contribution in [0.25, 0.3) is 54.6 Å². The summed E-state index contributed by atoms with van der Waals surface area (Å²) in [6.07, 6.45) is 3.61. The maximum absolute atomic E-state index is 5.58. The first-order valence-corrected chi connectivity index (χ1v) is 10.9. The number of pyridine rings is 2. The highest BCUT2D eigenvalue weighted by atomic mass is 16.5. The topological polar surface area (TPSA) is 64.0 Å². The summed E-state index contributed by atoms with van der Waals surface area (Å²) in [5.41, 5.74) is 6.45. The van der Waals surface area contributed by atoms with Crippen molar-refractivity contribution in [2.45, 2.75) is 0 Å². The Balaban J connectivity index is 1.66. The third kappa shape index (κ3) is 2.50. The molecular weight excluding hydrogens is 398 g/mol. The van der Waals surface area contributed by atoms with E-state index in [9.17, 15) is 0 Å². The van der Waals surface area contributed by atoms with E-state index in [4.69, 9.17) is 14.7 Å². The van der Waals surface area contributed by atoms with Gasteiger partial charge in [0.15, 0.2) is 0 Å². The number of hydrogen-bond acceptors (Lipinski definition) is 6. The van der Waals surface area contributed by atoms with Gasteiger partial charge in [-0.1, -0.05) is 24.3 Å². The molecule has 1 saturated heterocycles. The van der Waals surface area contributed by atoms with E-state index in [0.29, 0.717) is 0 Å². The Labute approximate surface area is 183 Å². The highest BCUT2D eigenvalue weighted by Crippen LogP contribution is 2.37. The average molecular weight is 417 g/mol. The molecule has 1 fully saturated rings. The van der Waals surface area contributed by atoms with Crippen LogP contribution in [0.15, 0.2) is 67.0 Å². The summed E-state index contributed by atoms with van der Waals surface area (Å²) >= 11 is 0. The zero-order chi connectivity index (χ0) is 21.1. The van der Waals surface area contributed by atoms with Gasteiger partial charge in [-0.3, -0.25) is 9.97 Å². The molecule has 0 N–H and O–H groups in total. The number of morpholine rings is 1. The van der Waals surface area contributed by atoms with Gasteiger partial charge in [0.25, 0.3) is 0 Å². The lowest BCUT2D eigenvalue weighted by Gasteiger charge is -2.30. The van der Waals surface area contributed by atoms with E-state index in [1.807, 2.05) is 12.1 Å². The van der Waals surface area contributed by atoms with Crippen LogP contribution < -0.4 is 4.90 Å². The highest BCUT2D eigenvalue weighted by molar-refractivity contribution is 6.22. The first-order chi connectivity index (χ1) is 15.9. The van der Waals surface area contributed by atoms with E-state index >= 15 is 0 Å². The number of ether oxygens (including phenoxy) is 1. The second kappa shape index (κ2) is 6.80. The monoisotopic (exact) mass is 417 g/mol. The summed E-state index contributed by atoms with van der Waals surface area (Å²) in [4.78, 5) is 22.0. The lowest BCUT2D eigenvalue weighted by Crippen LogP contribution is -2.36. The van der Waals surface area contributed by atoms with Crippen molar-refractivity contribution in [2.24, 2.45) is 0 Å². The van der Waals surface area contributed by atoms with E-state index in [-0.39, 0.29) is 0 Å². The van der Waals surface area contributed by atoms with Crippen LogP contribution in [0.2, 0.25) is 0 Å². The van der Waals surface area contributed by atoms with Gasteiger partial charge in [0, 0.05) is 52.7 Å². The fraction of sp³-hybridized carbons (Fsp3) is 0.154. The summed E-state index contributed by atoms with van der Waals surface area (Å²) in [5, 5.41) is 4.26. The molecule has 0 unspecified atom stereocenters. The fourth-order valence-corrected chi connectivity index (χ4v) is 4.88. The Bertz CT molecular complexity index is 1670. The van der Waals surface area contributed by atoms with Crippen LogP contribution in [-0.2, 0) is 4.74 Å². The Morgan fingerprint density at radius 2 is 1.25 bits per heavy atom. The number of fused-ring (bicyclic) bond motifs is 9. The van der Waals surface area contributed by atoms with Gasteiger partial charge in [-0.2, -0.15) is 0 Å². The van der Waals surface area contributed by atoms with Crippen molar-refractivity contribution in [3.8, 4) is 0 Å². The van der Waals surface area contributed by atoms with Crippen molar-refractivity contribution in [3.63, 3.8) is 0 Å². The highest BCUT2D eigenvalue weighted by Gasteiger charge is 2.19. The first-order valence-electron chi connectivity index (χ1n) is 10.9. The summed E-state index contributed by atoms with van der Waals surface area (Å²) in [7, 11) is 0. The van der Waals surface area contributed by atoms with Gasteiger partial charge in [0.2, 0.25) is 0 Å². The van der Waals surface area contributed by atoms with Crippen molar-refractivity contribution < 1.29 is 4.74 Å². The molecule has 154 valence electrons. The minimum atomic E-state index is 0.741. The summed E-state index contributed by atoms with van der Waals surface area (Å²) < 4.78 is 5.58. The maximum atomic E-state index is 5.58. The van der Waals surface area contributed by atoms with Gasteiger partial charge in [0.1, 0.15) is 0 Å². The molecule has 4 heterocycles. The molecule has 0 atom stereocenters. The third-order valence-electron chi connectivity index (χ3n) is 6.36. The number of hydrogen-bond donors (Lipinski definition) is 0. The molecule has 6 aromatic rings. The summed E-state index contributed by atoms with van der Waals surface area (Å²) in [6, 6.07) is 18.7. The van der Waals surface area contributed by atoms with Crippen LogP contribution in [0, 0.1) is 0 Å². The molecule has 1 aliphatic heterocycles. The van der Waals surface area contributed by atoms with Crippen molar-refractivity contribution in [3.05, 3.63) is 67.0 Å². The van der Waals surface area contributed by atoms with Crippen molar-refractivity contribution in [2.75, 3.05) is 31.2 Å². The van der Waals surface area contributed by atoms with E-state index in [1.54, 1.807) is 12.4 Å². The largest absolute Gasteiger partial charge is 0.378 e. The second-order valence-electron chi connectivity index (χ2n) is 8.13. The van der Waals surface area contributed by atoms with Gasteiger partial charge < -0.3 is 9.64 Å². The lowest BCUT2D eigenvalue weighted by atomic mass is 10.0. The van der Waals surface area contributed by atoms with Gasteiger partial charge in [-0.25, -0.2) is 9.97 Å². The maximum Gasteiger partial charge on any atom is 0.0996 e. The molecule has 0 saturated carbocycles. The Morgan fingerprint density at radius 3 is 1.97 bits per heavy atom. The second-order valence-corrected chi connectivity index (χ2v) is 8.13. The van der Waals surface area contributed by atoms with Crippen LogP contribution in [0.1, 0.15) is 0 Å². The molecule has 32 heavy (non-hydrogen) atoms.